The average molecular weight is 400 g/mol. The Morgan fingerprint density at radius 3 is 2.25 bits per heavy atom. The topological polar surface area (TPSA) is 21.3 Å². The van der Waals surface area contributed by atoms with Gasteiger partial charge in [-0.15, -0.1) is 0 Å². The first-order chi connectivity index (χ1) is 13.7. The Labute approximate surface area is 170 Å². The number of hydrogen-bond donors (Lipinski definition) is 1. The minimum Gasteiger partial charge on any atom is -0.259 e. The predicted octanol–water partition coefficient (Wildman–Crippen LogP) is 6.83. The molecule has 1 unspecified atom stereocenters. The van der Waals surface area contributed by atoms with E-state index in [4.69, 9.17) is 16.3 Å². The van der Waals surface area contributed by atoms with E-state index in [1.165, 1.54) is 38.1 Å². The molecule has 0 spiro atoms. The fourth-order valence-corrected chi connectivity index (χ4v) is 5.00. The second-order valence-electron chi connectivity index (χ2n) is 7.03. The minimum absolute atomic E-state index is 0.716. The van der Waals surface area contributed by atoms with Crippen molar-refractivity contribution in [3.8, 4) is 5.75 Å². The van der Waals surface area contributed by atoms with Crippen LogP contribution in [0.2, 0.25) is 0 Å². The third-order valence-electron chi connectivity index (χ3n) is 5.33. The third-order valence-corrected chi connectivity index (χ3v) is 6.72. The van der Waals surface area contributed by atoms with Crippen LogP contribution in [0.3, 0.4) is 0 Å². The lowest BCUT2D eigenvalue weighted by Gasteiger charge is -2.11. The molecule has 0 saturated heterocycles. The lowest BCUT2D eigenvalue weighted by Crippen LogP contribution is -2.07. The highest BCUT2D eigenvalue weighted by Crippen LogP contribution is 2.40. The normalized spacial score (nSPS) is 12.1. The Morgan fingerprint density at radius 2 is 1.46 bits per heavy atom. The van der Waals surface area contributed by atoms with E-state index < -0.39 is 7.07 Å². The van der Waals surface area contributed by atoms with Crippen LogP contribution in [0, 0.1) is 6.92 Å². The summed E-state index contributed by atoms with van der Waals surface area (Å²) in [6.45, 7) is 2.83. The molecule has 28 heavy (non-hydrogen) atoms. The zero-order valence-electron chi connectivity index (χ0n) is 15.5. The Hall–Kier alpha value is -2.58. The largest absolute Gasteiger partial charge is 0.490 e. The van der Waals surface area contributed by atoms with Crippen molar-refractivity contribution in [2.45, 2.75) is 13.5 Å². The molecule has 0 amide bonds. The lowest BCUT2D eigenvalue weighted by molar-refractivity contribution is 0.622. The van der Waals surface area contributed by atoms with Crippen molar-refractivity contribution < 1.29 is 4.52 Å². The summed E-state index contributed by atoms with van der Waals surface area (Å²) >= 11 is 5.61. The van der Waals surface area contributed by atoms with Crippen LogP contribution in [0.25, 0.3) is 32.3 Å². The summed E-state index contributed by atoms with van der Waals surface area (Å²) in [5.74, 6) is 0.851. The van der Waals surface area contributed by atoms with Crippen LogP contribution in [0.1, 0.15) is 11.1 Å². The van der Waals surface area contributed by atoms with Gasteiger partial charge in [-0.25, -0.2) is 0 Å². The van der Waals surface area contributed by atoms with Crippen molar-refractivity contribution in [1.82, 2.24) is 5.09 Å². The summed E-state index contributed by atoms with van der Waals surface area (Å²) in [5, 5.41) is 10.8. The first-order valence-corrected chi connectivity index (χ1v) is 11.6. The Kier molecular flexibility index (Phi) is 4.44. The second-order valence-corrected chi connectivity index (χ2v) is 9.04. The minimum atomic E-state index is -1.19. The molecule has 0 aliphatic rings. The third kappa shape index (κ3) is 3.02. The maximum Gasteiger partial charge on any atom is 0.490 e. The van der Waals surface area contributed by atoms with Crippen LogP contribution < -0.4 is 9.61 Å². The van der Waals surface area contributed by atoms with Gasteiger partial charge in [-0.3, -0.25) is 4.52 Å². The first kappa shape index (κ1) is 17.5. The predicted molar refractivity (Wildman–Crippen MR) is 123 cm³/mol. The van der Waals surface area contributed by atoms with Gasteiger partial charge in [0.1, 0.15) is 0 Å². The molecule has 136 valence electrons. The van der Waals surface area contributed by atoms with Crippen molar-refractivity contribution >= 4 is 51.2 Å². The summed E-state index contributed by atoms with van der Waals surface area (Å²) in [6, 6.07) is 27.6. The molecule has 5 aromatic carbocycles. The summed E-state index contributed by atoms with van der Waals surface area (Å²) < 4.78 is 6.20. The highest BCUT2D eigenvalue weighted by atomic mass is 32.4. The van der Waals surface area contributed by atoms with Crippen LogP contribution in [0.15, 0.2) is 78.9 Å². The maximum absolute atomic E-state index is 6.20. The summed E-state index contributed by atoms with van der Waals surface area (Å²) in [7, 11) is -1.19. The van der Waals surface area contributed by atoms with E-state index in [1.807, 2.05) is 6.07 Å². The molecule has 4 heteroatoms. The highest BCUT2D eigenvalue weighted by Gasteiger charge is 2.18. The van der Waals surface area contributed by atoms with E-state index in [0.717, 1.165) is 11.1 Å². The van der Waals surface area contributed by atoms with Gasteiger partial charge in [0.2, 0.25) is 11.8 Å². The van der Waals surface area contributed by atoms with Gasteiger partial charge >= 0.3 is 7.07 Å². The monoisotopic (exact) mass is 400 g/mol. The second kappa shape index (κ2) is 7.10. The van der Waals surface area contributed by atoms with Gasteiger partial charge in [-0.1, -0.05) is 71.8 Å². The molecule has 0 aliphatic heterocycles. The molecule has 0 heterocycles. The van der Waals surface area contributed by atoms with Crippen molar-refractivity contribution in [2.24, 2.45) is 0 Å². The number of hydrogen-bond acceptors (Lipinski definition) is 2. The molecule has 1 atom stereocenters. The van der Waals surface area contributed by atoms with Gasteiger partial charge in [-0.2, -0.15) is 0 Å². The molecule has 1 N–H and O–H groups in total. The van der Waals surface area contributed by atoms with Gasteiger partial charge in [0.25, 0.3) is 0 Å². The van der Waals surface area contributed by atoms with Gasteiger partial charge in [-0.05, 0) is 51.7 Å². The molecular formula is C24H19NOPS+. The Balaban J connectivity index is 1.49. The molecule has 0 aliphatic carbocycles. The molecule has 0 fully saturated rings. The smallest absolute Gasteiger partial charge is 0.259 e. The summed E-state index contributed by atoms with van der Waals surface area (Å²) in [4.78, 5) is 0. The van der Waals surface area contributed by atoms with Crippen molar-refractivity contribution in [3.63, 3.8) is 0 Å². The number of rotatable bonds is 5. The fraction of sp³-hybridized carbons (Fsp3) is 0.0833. The highest BCUT2D eigenvalue weighted by molar-refractivity contribution is 8.02. The summed E-state index contributed by atoms with van der Waals surface area (Å²) in [6.07, 6.45) is 0. The van der Waals surface area contributed by atoms with Gasteiger partial charge in [0, 0.05) is 10.8 Å². The van der Waals surface area contributed by atoms with Gasteiger partial charge in [0.05, 0.1) is 6.54 Å². The van der Waals surface area contributed by atoms with E-state index in [9.17, 15) is 0 Å². The van der Waals surface area contributed by atoms with Crippen molar-refractivity contribution in [3.05, 3.63) is 90.0 Å². The molecular weight excluding hydrogens is 381 g/mol. The Morgan fingerprint density at radius 1 is 0.786 bits per heavy atom. The van der Waals surface area contributed by atoms with E-state index in [-0.39, 0.29) is 0 Å². The lowest BCUT2D eigenvalue weighted by atomic mass is 9.94. The fourth-order valence-electron chi connectivity index (χ4n) is 3.87. The SMILES string of the molecule is Cc1ccccc1CN[P+](=S)Oc1ccc2ccc3cccc4ccc1c2c34. The maximum atomic E-state index is 6.20. The summed E-state index contributed by atoms with van der Waals surface area (Å²) in [5.41, 5.74) is 2.51. The zero-order chi connectivity index (χ0) is 19.1. The standard InChI is InChI=1S/C24H19NOPS/c1-16-5-2-3-6-20(16)15-25-27(28)26-22-14-12-19-10-9-17-7-4-8-18-11-13-21(22)24(19)23(17)18/h2-14H,15H2,1H3,(H,25,28)/q+1. The number of nitrogens with one attached hydrogen (secondary N) is 1. The molecule has 0 radical (unpaired) electrons. The Bertz CT molecular complexity index is 1310. The molecule has 0 saturated carbocycles. The zero-order valence-corrected chi connectivity index (χ0v) is 17.2. The first-order valence-electron chi connectivity index (χ1n) is 9.30. The van der Waals surface area contributed by atoms with E-state index in [1.54, 1.807) is 0 Å². The molecule has 5 rings (SSSR count). The number of aryl methyl sites for hydroxylation is 1. The molecule has 2 nitrogen and oxygen atoms in total. The van der Waals surface area contributed by atoms with Crippen molar-refractivity contribution in [1.29, 1.82) is 0 Å². The van der Waals surface area contributed by atoms with Crippen LogP contribution >= 0.6 is 7.07 Å². The quantitative estimate of drug-likeness (QED) is 0.258. The van der Waals surface area contributed by atoms with E-state index >= 15 is 0 Å². The van der Waals surface area contributed by atoms with Gasteiger partial charge in [0.15, 0.2) is 5.75 Å². The van der Waals surface area contributed by atoms with Crippen molar-refractivity contribution in [2.75, 3.05) is 0 Å². The van der Waals surface area contributed by atoms with Gasteiger partial charge < -0.3 is 0 Å². The molecule has 0 bridgehead atoms. The van der Waals surface area contributed by atoms with E-state index in [0.29, 0.717) is 6.54 Å². The molecule has 5 aromatic rings. The number of benzene rings is 5. The van der Waals surface area contributed by atoms with Crippen LogP contribution in [-0.2, 0) is 18.4 Å². The average Bonchev–Trinajstić information content (AvgIpc) is 2.72. The molecule has 0 aromatic heterocycles. The van der Waals surface area contributed by atoms with E-state index in [2.05, 4.69) is 84.8 Å². The van der Waals surface area contributed by atoms with Crippen LogP contribution in [0.4, 0.5) is 0 Å². The van der Waals surface area contributed by atoms with Crippen LogP contribution in [0.5, 0.6) is 5.75 Å². The van der Waals surface area contributed by atoms with Crippen LogP contribution in [-0.4, -0.2) is 0 Å².